The first kappa shape index (κ1) is 17.5. The summed E-state index contributed by atoms with van der Waals surface area (Å²) in [5.41, 5.74) is 3.24. The molecule has 3 aromatic carbocycles. The second-order valence-corrected chi connectivity index (χ2v) is 5.90. The molecule has 0 heterocycles. The van der Waals surface area contributed by atoms with Crippen LogP contribution in [0.25, 0.3) is 11.1 Å². The molecule has 0 fully saturated rings. The summed E-state index contributed by atoms with van der Waals surface area (Å²) < 4.78 is 18.2. The minimum atomic E-state index is -0.642. The molecule has 0 amide bonds. The zero-order valence-electron chi connectivity index (χ0n) is 14.2. The van der Waals surface area contributed by atoms with Crippen LogP contribution in [0.1, 0.15) is 26.3 Å². The fourth-order valence-corrected chi connectivity index (χ4v) is 2.63. The van der Waals surface area contributed by atoms with E-state index in [1.807, 2.05) is 42.5 Å². The highest BCUT2D eigenvalue weighted by atomic mass is 19.1. The van der Waals surface area contributed by atoms with Gasteiger partial charge >= 0.3 is 5.97 Å². The highest BCUT2D eigenvalue weighted by Gasteiger charge is 2.14. The van der Waals surface area contributed by atoms with Gasteiger partial charge in [0, 0.05) is 5.56 Å². The van der Waals surface area contributed by atoms with Crippen LogP contribution in [0.3, 0.4) is 0 Å². The Balaban J connectivity index is 1.64. The molecule has 0 aliphatic heterocycles. The van der Waals surface area contributed by atoms with Gasteiger partial charge in [-0.2, -0.15) is 0 Å². The summed E-state index contributed by atoms with van der Waals surface area (Å²) in [4.78, 5) is 24.3. The number of esters is 1. The monoisotopic (exact) mass is 348 g/mol. The first-order valence-corrected chi connectivity index (χ1v) is 8.16. The Kier molecular flexibility index (Phi) is 5.23. The molecule has 3 aromatic rings. The van der Waals surface area contributed by atoms with Gasteiger partial charge < -0.3 is 4.74 Å². The van der Waals surface area contributed by atoms with Crippen molar-refractivity contribution in [3.05, 3.63) is 95.3 Å². The fraction of sp³-hybridized carbons (Fsp3) is 0.0909. The van der Waals surface area contributed by atoms with Gasteiger partial charge in [-0.15, -0.1) is 0 Å². The third-order valence-electron chi connectivity index (χ3n) is 4.06. The number of carbonyl (C=O) groups excluding carboxylic acids is 2. The molecule has 0 saturated carbocycles. The van der Waals surface area contributed by atoms with Crippen molar-refractivity contribution in [3.8, 4) is 11.1 Å². The van der Waals surface area contributed by atoms with Crippen molar-refractivity contribution in [2.45, 2.75) is 6.92 Å². The summed E-state index contributed by atoms with van der Waals surface area (Å²) in [5.74, 6) is -1.36. The molecule has 0 spiro atoms. The van der Waals surface area contributed by atoms with E-state index >= 15 is 0 Å². The average molecular weight is 348 g/mol. The third-order valence-corrected chi connectivity index (χ3v) is 4.06. The van der Waals surface area contributed by atoms with Gasteiger partial charge in [0.2, 0.25) is 0 Å². The molecule has 3 rings (SSSR count). The summed E-state index contributed by atoms with van der Waals surface area (Å²) in [6.45, 7) is 1.25. The summed E-state index contributed by atoms with van der Waals surface area (Å²) in [6, 6.07) is 20.7. The van der Waals surface area contributed by atoms with E-state index in [2.05, 4.69) is 0 Å². The molecule has 3 nitrogen and oxygen atoms in total. The van der Waals surface area contributed by atoms with Gasteiger partial charge in [-0.3, -0.25) is 4.79 Å². The molecule has 0 aliphatic rings. The normalized spacial score (nSPS) is 10.4. The summed E-state index contributed by atoms with van der Waals surface area (Å²) in [5, 5.41) is 0. The van der Waals surface area contributed by atoms with Crippen molar-refractivity contribution in [2.24, 2.45) is 0 Å². The largest absolute Gasteiger partial charge is 0.454 e. The lowest BCUT2D eigenvalue weighted by atomic mass is 10.0. The van der Waals surface area contributed by atoms with E-state index in [0.29, 0.717) is 11.1 Å². The van der Waals surface area contributed by atoms with Crippen LogP contribution in [0.5, 0.6) is 0 Å². The minimum Gasteiger partial charge on any atom is -0.454 e. The lowest BCUT2D eigenvalue weighted by Gasteiger charge is -2.07. The topological polar surface area (TPSA) is 43.4 Å². The van der Waals surface area contributed by atoms with Gasteiger partial charge in [-0.05, 0) is 41.8 Å². The van der Waals surface area contributed by atoms with Crippen LogP contribution in [0, 0.1) is 12.7 Å². The van der Waals surface area contributed by atoms with Crippen LogP contribution in [-0.4, -0.2) is 18.4 Å². The smallest absolute Gasteiger partial charge is 0.338 e. The SMILES string of the molecule is Cc1cc(F)ccc1C(=O)OCC(=O)c1ccc(-c2ccccc2)cc1. The zero-order valence-corrected chi connectivity index (χ0v) is 14.2. The molecular weight excluding hydrogens is 331 g/mol. The first-order chi connectivity index (χ1) is 12.5. The molecule has 130 valence electrons. The van der Waals surface area contributed by atoms with Crippen LogP contribution in [0.4, 0.5) is 4.39 Å². The summed E-state index contributed by atoms with van der Waals surface area (Å²) in [7, 11) is 0. The van der Waals surface area contributed by atoms with Gasteiger partial charge in [0.05, 0.1) is 5.56 Å². The molecule has 0 radical (unpaired) electrons. The van der Waals surface area contributed by atoms with Crippen molar-refractivity contribution in [3.63, 3.8) is 0 Å². The number of benzene rings is 3. The maximum absolute atomic E-state index is 13.1. The molecule has 0 saturated heterocycles. The predicted molar refractivity (Wildman–Crippen MR) is 97.6 cm³/mol. The lowest BCUT2D eigenvalue weighted by molar-refractivity contribution is 0.0474. The zero-order chi connectivity index (χ0) is 18.5. The quantitative estimate of drug-likeness (QED) is 0.489. The number of aryl methyl sites for hydroxylation is 1. The van der Waals surface area contributed by atoms with Crippen LogP contribution >= 0.6 is 0 Å². The summed E-state index contributed by atoms with van der Waals surface area (Å²) in [6.07, 6.45) is 0. The molecular formula is C22H17FO3. The molecule has 0 unspecified atom stereocenters. The standard InChI is InChI=1S/C22H17FO3/c1-15-13-19(23)11-12-20(15)22(25)26-14-21(24)18-9-7-17(8-10-18)16-5-3-2-4-6-16/h2-13H,14H2,1H3. The van der Waals surface area contributed by atoms with Crippen molar-refractivity contribution in [1.82, 2.24) is 0 Å². The van der Waals surface area contributed by atoms with E-state index < -0.39 is 11.8 Å². The highest BCUT2D eigenvalue weighted by Crippen LogP contribution is 2.19. The molecule has 0 aromatic heterocycles. The van der Waals surface area contributed by atoms with E-state index in [1.165, 1.54) is 18.2 Å². The Morgan fingerprint density at radius 1 is 0.885 bits per heavy atom. The number of carbonyl (C=O) groups is 2. The molecule has 4 heteroatoms. The lowest BCUT2D eigenvalue weighted by Crippen LogP contribution is -2.15. The average Bonchev–Trinajstić information content (AvgIpc) is 2.66. The maximum Gasteiger partial charge on any atom is 0.338 e. The molecule has 0 atom stereocenters. The van der Waals surface area contributed by atoms with E-state index in [1.54, 1.807) is 19.1 Å². The number of hydrogen-bond donors (Lipinski definition) is 0. The number of rotatable bonds is 5. The van der Waals surface area contributed by atoms with Crippen LogP contribution in [0.2, 0.25) is 0 Å². The van der Waals surface area contributed by atoms with Gasteiger partial charge in [-0.1, -0.05) is 54.6 Å². The van der Waals surface area contributed by atoms with Crippen molar-refractivity contribution < 1.29 is 18.7 Å². The number of halogens is 1. The van der Waals surface area contributed by atoms with Crippen LogP contribution in [-0.2, 0) is 4.74 Å². The Hall–Kier alpha value is -3.27. The second-order valence-electron chi connectivity index (χ2n) is 5.90. The number of ether oxygens (including phenoxy) is 1. The molecule has 0 bridgehead atoms. The molecule has 0 aliphatic carbocycles. The van der Waals surface area contributed by atoms with Crippen molar-refractivity contribution in [1.29, 1.82) is 0 Å². The van der Waals surface area contributed by atoms with E-state index in [4.69, 9.17) is 4.74 Å². The van der Waals surface area contributed by atoms with Crippen molar-refractivity contribution >= 4 is 11.8 Å². The molecule has 26 heavy (non-hydrogen) atoms. The summed E-state index contributed by atoms with van der Waals surface area (Å²) >= 11 is 0. The Bertz CT molecular complexity index is 931. The Morgan fingerprint density at radius 3 is 2.19 bits per heavy atom. The fourth-order valence-electron chi connectivity index (χ4n) is 2.63. The van der Waals surface area contributed by atoms with E-state index in [9.17, 15) is 14.0 Å². The maximum atomic E-state index is 13.1. The highest BCUT2D eigenvalue weighted by molar-refractivity contribution is 5.99. The van der Waals surface area contributed by atoms with Gasteiger partial charge in [0.15, 0.2) is 12.4 Å². The number of ketones is 1. The Morgan fingerprint density at radius 2 is 1.54 bits per heavy atom. The van der Waals surface area contributed by atoms with Gasteiger partial charge in [0.1, 0.15) is 5.82 Å². The Labute approximate surface area is 151 Å². The minimum absolute atomic E-state index is 0.249. The number of Topliss-reactive ketones (excluding diaryl/α,β-unsaturated/α-hetero) is 1. The van der Waals surface area contributed by atoms with E-state index in [0.717, 1.165) is 11.1 Å². The molecule has 0 N–H and O–H groups in total. The predicted octanol–water partition coefficient (Wildman–Crippen LogP) is 4.84. The van der Waals surface area contributed by atoms with Crippen molar-refractivity contribution in [2.75, 3.05) is 6.61 Å². The van der Waals surface area contributed by atoms with E-state index in [-0.39, 0.29) is 18.0 Å². The van der Waals surface area contributed by atoms with Crippen LogP contribution in [0.15, 0.2) is 72.8 Å². The second kappa shape index (κ2) is 7.74. The van der Waals surface area contributed by atoms with Gasteiger partial charge in [0.25, 0.3) is 0 Å². The van der Waals surface area contributed by atoms with Crippen LogP contribution < -0.4 is 0 Å². The first-order valence-electron chi connectivity index (χ1n) is 8.16. The number of hydrogen-bond acceptors (Lipinski definition) is 3. The third kappa shape index (κ3) is 4.03. The van der Waals surface area contributed by atoms with Gasteiger partial charge in [-0.25, -0.2) is 9.18 Å².